The first kappa shape index (κ1) is 17.4. The number of thioether (sulfide) groups is 1. The Morgan fingerprint density at radius 2 is 1.48 bits per heavy atom. The highest BCUT2D eigenvalue weighted by Crippen LogP contribution is 2.32. The van der Waals surface area contributed by atoms with E-state index in [1.54, 1.807) is 37.8 Å². The quantitative estimate of drug-likeness (QED) is 0.674. The molecule has 0 fully saturated rings. The number of rotatable bonds is 5. The van der Waals surface area contributed by atoms with Crippen molar-refractivity contribution in [3.8, 4) is 28.6 Å². The average molecular weight is 382 g/mol. The van der Waals surface area contributed by atoms with E-state index >= 15 is 0 Å². The van der Waals surface area contributed by atoms with Gasteiger partial charge in [0.25, 0.3) is 0 Å². The smallest absolute Gasteiger partial charge is 0.212 e. The van der Waals surface area contributed by atoms with E-state index in [1.165, 1.54) is 0 Å². The molecule has 0 bridgehead atoms. The van der Waals surface area contributed by atoms with Gasteiger partial charge in [-0.25, -0.2) is 0 Å². The van der Waals surface area contributed by atoms with Crippen LogP contribution in [-0.4, -0.2) is 47.7 Å². The second-order valence-corrected chi connectivity index (χ2v) is 6.73. The minimum Gasteiger partial charge on any atom is -0.497 e. The number of methoxy groups -OCH3 is 3. The molecule has 0 saturated carbocycles. The van der Waals surface area contributed by atoms with Gasteiger partial charge in [-0.1, -0.05) is 11.8 Å². The van der Waals surface area contributed by atoms with Crippen molar-refractivity contribution < 1.29 is 14.2 Å². The van der Waals surface area contributed by atoms with Crippen LogP contribution in [-0.2, 0) is 0 Å². The lowest BCUT2D eigenvalue weighted by molar-refractivity contribution is 0.394. The van der Waals surface area contributed by atoms with Gasteiger partial charge >= 0.3 is 0 Å². The molecule has 8 heteroatoms. The zero-order valence-electron chi connectivity index (χ0n) is 15.2. The number of hydrogen-bond acceptors (Lipinski definition) is 7. The summed E-state index contributed by atoms with van der Waals surface area (Å²) in [5, 5.41) is 14.1. The van der Waals surface area contributed by atoms with Crippen molar-refractivity contribution in [3.05, 3.63) is 48.0 Å². The van der Waals surface area contributed by atoms with Crippen LogP contribution in [0, 0.1) is 0 Å². The maximum atomic E-state index is 5.36. The summed E-state index contributed by atoms with van der Waals surface area (Å²) < 4.78 is 17.7. The van der Waals surface area contributed by atoms with Crippen molar-refractivity contribution in [2.75, 3.05) is 27.1 Å². The molecule has 1 aromatic heterocycles. The van der Waals surface area contributed by atoms with Crippen LogP contribution in [0.4, 0.5) is 0 Å². The van der Waals surface area contributed by atoms with E-state index in [0.29, 0.717) is 17.3 Å². The van der Waals surface area contributed by atoms with Crippen molar-refractivity contribution in [1.29, 1.82) is 0 Å². The molecule has 3 aromatic rings. The van der Waals surface area contributed by atoms with Crippen LogP contribution in [0.3, 0.4) is 0 Å². The lowest BCUT2D eigenvalue weighted by Gasteiger charge is -2.14. The van der Waals surface area contributed by atoms with E-state index in [0.717, 1.165) is 33.5 Å². The number of ether oxygens (including phenoxy) is 3. The van der Waals surface area contributed by atoms with Crippen molar-refractivity contribution in [2.24, 2.45) is 5.10 Å². The predicted octanol–water partition coefficient (Wildman–Crippen LogP) is 3.33. The summed E-state index contributed by atoms with van der Waals surface area (Å²) in [7, 11) is 4.89. The molecule has 0 amide bonds. The van der Waals surface area contributed by atoms with Crippen LogP contribution in [0.5, 0.6) is 17.2 Å². The first-order valence-electron chi connectivity index (χ1n) is 8.25. The Morgan fingerprint density at radius 3 is 2.11 bits per heavy atom. The monoisotopic (exact) mass is 382 g/mol. The van der Waals surface area contributed by atoms with E-state index in [1.807, 2.05) is 42.5 Å². The Balaban J connectivity index is 1.76. The second-order valence-electron chi connectivity index (χ2n) is 5.78. The van der Waals surface area contributed by atoms with E-state index in [9.17, 15) is 0 Å². The molecule has 0 atom stereocenters. The summed E-state index contributed by atoms with van der Waals surface area (Å²) in [4.78, 5) is 0. The topological polar surface area (TPSA) is 70.8 Å². The molecule has 0 aliphatic carbocycles. The summed E-state index contributed by atoms with van der Waals surface area (Å²) >= 11 is 1.60. The Hall–Kier alpha value is -3.00. The van der Waals surface area contributed by atoms with Crippen molar-refractivity contribution in [3.63, 3.8) is 0 Å². The lowest BCUT2D eigenvalue weighted by atomic mass is 10.1. The maximum absolute atomic E-state index is 5.36. The Morgan fingerprint density at radius 1 is 0.815 bits per heavy atom. The Kier molecular flexibility index (Phi) is 4.72. The molecule has 1 aliphatic rings. The van der Waals surface area contributed by atoms with Crippen molar-refractivity contribution in [1.82, 2.24) is 14.9 Å². The molecule has 0 saturated heterocycles. The maximum Gasteiger partial charge on any atom is 0.212 e. The molecule has 2 aromatic carbocycles. The van der Waals surface area contributed by atoms with Gasteiger partial charge in [-0.3, -0.25) is 0 Å². The van der Waals surface area contributed by atoms with Gasteiger partial charge in [-0.2, -0.15) is 9.78 Å². The van der Waals surface area contributed by atoms with Gasteiger partial charge in [0.1, 0.15) is 17.2 Å². The van der Waals surface area contributed by atoms with Gasteiger partial charge in [0, 0.05) is 17.4 Å². The number of hydrogen-bond donors (Lipinski definition) is 0. The fourth-order valence-electron chi connectivity index (χ4n) is 2.77. The van der Waals surface area contributed by atoms with Gasteiger partial charge < -0.3 is 14.2 Å². The Labute approximate surface area is 161 Å². The van der Waals surface area contributed by atoms with Gasteiger partial charge in [-0.05, 0) is 42.0 Å². The van der Waals surface area contributed by atoms with E-state index in [4.69, 9.17) is 19.3 Å². The van der Waals surface area contributed by atoms with Gasteiger partial charge in [-0.15, -0.1) is 10.2 Å². The van der Waals surface area contributed by atoms with Crippen molar-refractivity contribution >= 4 is 17.5 Å². The highest BCUT2D eigenvalue weighted by Gasteiger charge is 2.21. The minimum atomic E-state index is 0.639. The third-order valence-corrected chi connectivity index (χ3v) is 5.13. The van der Waals surface area contributed by atoms with Gasteiger partial charge in [0.05, 0.1) is 27.0 Å². The van der Waals surface area contributed by atoms with E-state index < -0.39 is 0 Å². The summed E-state index contributed by atoms with van der Waals surface area (Å²) in [5.74, 6) is 3.55. The zero-order chi connectivity index (χ0) is 18.8. The van der Waals surface area contributed by atoms with E-state index in [-0.39, 0.29) is 0 Å². The molecule has 2 heterocycles. The number of benzene rings is 2. The first-order chi connectivity index (χ1) is 13.2. The zero-order valence-corrected chi connectivity index (χ0v) is 16.0. The highest BCUT2D eigenvalue weighted by molar-refractivity contribution is 7.99. The van der Waals surface area contributed by atoms with E-state index in [2.05, 4.69) is 10.2 Å². The van der Waals surface area contributed by atoms with Crippen LogP contribution in [0.1, 0.15) is 5.56 Å². The third-order valence-electron chi connectivity index (χ3n) is 4.20. The third kappa shape index (κ3) is 3.35. The largest absolute Gasteiger partial charge is 0.497 e. The van der Waals surface area contributed by atoms with Crippen molar-refractivity contribution in [2.45, 2.75) is 5.16 Å². The minimum absolute atomic E-state index is 0.639. The molecule has 138 valence electrons. The number of aromatic nitrogens is 3. The highest BCUT2D eigenvalue weighted by atomic mass is 32.2. The average Bonchev–Trinajstić information content (AvgIpc) is 3.16. The Bertz CT molecular complexity index is 976. The molecule has 0 N–H and O–H groups in total. The second kappa shape index (κ2) is 7.32. The predicted molar refractivity (Wildman–Crippen MR) is 104 cm³/mol. The SMILES string of the molecule is COc1ccc(C2=Nn3c(nnc3-c3cc(OC)cc(OC)c3)SC2)cc1. The normalized spacial score (nSPS) is 12.9. The summed E-state index contributed by atoms with van der Waals surface area (Å²) in [6.45, 7) is 0. The molecule has 7 nitrogen and oxygen atoms in total. The standard InChI is InChI=1S/C19H18N4O3S/c1-24-14-6-4-12(5-7-14)17-11-27-19-21-20-18(23(19)22-17)13-8-15(25-2)10-16(9-13)26-3/h4-10H,11H2,1-3H3. The van der Waals surface area contributed by atoms with Gasteiger partial charge in [0.15, 0.2) is 5.82 Å². The molecule has 0 spiro atoms. The number of fused-ring (bicyclic) bond motifs is 1. The fraction of sp³-hybridized carbons (Fsp3) is 0.211. The van der Waals surface area contributed by atoms with Crippen LogP contribution in [0.2, 0.25) is 0 Å². The molecule has 0 unspecified atom stereocenters. The lowest BCUT2D eigenvalue weighted by Crippen LogP contribution is -2.13. The molecule has 27 heavy (non-hydrogen) atoms. The van der Waals surface area contributed by atoms with Gasteiger partial charge in [0.2, 0.25) is 5.16 Å². The molecular formula is C19H18N4O3S. The molecule has 1 aliphatic heterocycles. The summed E-state index contributed by atoms with van der Waals surface area (Å²) in [6.07, 6.45) is 0. The van der Waals surface area contributed by atoms with Crippen LogP contribution >= 0.6 is 11.8 Å². The number of nitrogens with zero attached hydrogens (tertiary/aromatic N) is 4. The fourth-order valence-corrected chi connectivity index (χ4v) is 3.61. The van der Waals surface area contributed by atoms with Crippen LogP contribution < -0.4 is 14.2 Å². The first-order valence-corrected chi connectivity index (χ1v) is 9.24. The van der Waals surface area contributed by atoms with Crippen LogP contribution in [0.25, 0.3) is 11.4 Å². The molecular weight excluding hydrogens is 364 g/mol. The summed E-state index contributed by atoms with van der Waals surface area (Å²) in [5.41, 5.74) is 2.81. The molecule has 4 rings (SSSR count). The van der Waals surface area contributed by atoms with Crippen LogP contribution in [0.15, 0.2) is 52.7 Å². The summed E-state index contributed by atoms with van der Waals surface area (Å²) in [6, 6.07) is 13.5. The molecule has 0 radical (unpaired) electrons.